The van der Waals surface area contributed by atoms with E-state index in [1.807, 2.05) is 24.3 Å². The summed E-state index contributed by atoms with van der Waals surface area (Å²) < 4.78 is 29.9. The number of likely N-dealkylation sites (tertiary alicyclic amines) is 1. The Hall–Kier alpha value is -2.54. The fourth-order valence-electron chi connectivity index (χ4n) is 4.11. The van der Waals surface area contributed by atoms with Crippen LogP contribution in [0.15, 0.2) is 47.4 Å². The van der Waals surface area contributed by atoms with Crippen LogP contribution >= 0.6 is 0 Å². The lowest BCUT2D eigenvalue weighted by molar-refractivity contribution is 0.152. The average molecular weight is 387 g/mol. The zero-order valence-electron chi connectivity index (χ0n) is 15.0. The number of nitrogens with zero attached hydrogens (tertiary/aromatic N) is 1. The van der Waals surface area contributed by atoms with Crippen molar-refractivity contribution in [2.75, 3.05) is 26.0 Å². The average Bonchev–Trinajstić information content (AvgIpc) is 2.98. The molecule has 2 aliphatic heterocycles. The number of ether oxygens (including phenoxy) is 1. The Kier molecular flexibility index (Phi) is 4.34. The van der Waals surface area contributed by atoms with Gasteiger partial charge in [-0.15, -0.1) is 0 Å². The minimum absolute atomic E-state index is 0.0941. The quantitative estimate of drug-likeness (QED) is 0.855. The predicted octanol–water partition coefficient (Wildman–Crippen LogP) is 3.23. The van der Waals surface area contributed by atoms with Crippen molar-refractivity contribution < 1.29 is 23.1 Å². The van der Waals surface area contributed by atoms with Crippen LogP contribution in [-0.2, 0) is 9.84 Å². The summed E-state index contributed by atoms with van der Waals surface area (Å²) in [6.45, 7) is 1.50. The van der Waals surface area contributed by atoms with Gasteiger partial charge in [0, 0.05) is 30.8 Å². The van der Waals surface area contributed by atoms with Crippen LogP contribution in [0, 0.1) is 5.92 Å². The number of carbonyl (C=O) groups is 1. The third-order valence-corrected chi connectivity index (χ3v) is 6.57. The number of carboxylic acid groups (broad SMARTS) is 1. The predicted molar refractivity (Wildman–Crippen MR) is 101 cm³/mol. The third kappa shape index (κ3) is 3.27. The van der Waals surface area contributed by atoms with E-state index in [1.54, 1.807) is 18.2 Å². The van der Waals surface area contributed by atoms with Crippen LogP contribution in [-0.4, -0.2) is 50.5 Å². The van der Waals surface area contributed by atoms with Gasteiger partial charge in [0.1, 0.15) is 5.75 Å². The summed E-state index contributed by atoms with van der Waals surface area (Å²) in [5, 5.41) is 9.36. The first kappa shape index (κ1) is 17.9. The summed E-state index contributed by atoms with van der Waals surface area (Å²) in [6, 6.07) is 12.7. The lowest BCUT2D eigenvalue weighted by Crippen LogP contribution is -2.27. The number of amides is 1. The summed E-state index contributed by atoms with van der Waals surface area (Å²) >= 11 is 0. The van der Waals surface area contributed by atoms with E-state index >= 15 is 0 Å². The highest BCUT2D eigenvalue weighted by Crippen LogP contribution is 2.45. The summed E-state index contributed by atoms with van der Waals surface area (Å²) in [6.07, 6.45) is 1.10. The molecule has 2 aromatic carbocycles. The van der Waals surface area contributed by atoms with E-state index in [9.17, 15) is 18.3 Å². The van der Waals surface area contributed by atoms with E-state index in [1.165, 1.54) is 11.2 Å². The van der Waals surface area contributed by atoms with Crippen LogP contribution < -0.4 is 4.74 Å². The molecule has 0 bridgehead atoms. The molecule has 0 spiro atoms. The van der Waals surface area contributed by atoms with Crippen LogP contribution in [0.1, 0.15) is 17.9 Å². The monoisotopic (exact) mass is 387 g/mol. The molecule has 4 rings (SSSR count). The standard InChI is InChI=1S/C20H21NO5S/c1-27(24,25)15-5-2-4-13(10-15)16-6-3-7-17-18-12-21(20(22)23)11-14(18)8-9-26-19(16)17/h2-7,10,14,18H,8-9,11-12H2,1H3,(H,22,23)/t14?,18-/m0/s1. The zero-order valence-corrected chi connectivity index (χ0v) is 15.8. The van der Waals surface area contributed by atoms with Gasteiger partial charge < -0.3 is 14.7 Å². The Bertz CT molecular complexity index is 1000. The molecule has 27 heavy (non-hydrogen) atoms. The van der Waals surface area contributed by atoms with Gasteiger partial charge in [0.25, 0.3) is 0 Å². The van der Waals surface area contributed by atoms with Gasteiger partial charge in [-0.05, 0) is 35.6 Å². The van der Waals surface area contributed by atoms with Crippen molar-refractivity contribution in [3.05, 3.63) is 48.0 Å². The molecule has 2 aromatic rings. The lowest BCUT2D eigenvalue weighted by Gasteiger charge is -2.18. The van der Waals surface area contributed by atoms with Crippen molar-refractivity contribution in [2.24, 2.45) is 5.92 Å². The summed E-state index contributed by atoms with van der Waals surface area (Å²) in [5.74, 6) is 1.07. The SMILES string of the molecule is CS(=O)(=O)c1cccc(-c2cccc3c2OCCC2CN(C(=O)O)C[C@H]32)c1. The molecule has 1 fully saturated rings. The molecule has 2 aliphatic rings. The minimum atomic E-state index is -3.31. The second kappa shape index (κ2) is 6.56. The normalized spacial score (nSPS) is 21.7. The van der Waals surface area contributed by atoms with Crippen LogP contribution in [0.4, 0.5) is 4.79 Å². The molecule has 1 unspecified atom stereocenters. The van der Waals surface area contributed by atoms with Crippen molar-refractivity contribution >= 4 is 15.9 Å². The highest BCUT2D eigenvalue weighted by Gasteiger charge is 2.39. The molecule has 1 N–H and O–H groups in total. The number of rotatable bonds is 2. The highest BCUT2D eigenvalue weighted by molar-refractivity contribution is 7.90. The number of hydrogen-bond donors (Lipinski definition) is 1. The van der Waals surface area contributed by atoms with Crippen LogP contribution in [0.3, 0.4) is 0 Å². The van der Waals surface area contributed by atoms with Gasteiger partial charge in [-0.2, -0.15) is 0 Å². The van der Waals surface area contributed by atoms with Gasteiger partial charge in [0.2, 0.25) is 0 Å². The van der Waals surface area contributed by atoms with Crippen LogP contribution in [0.5, 0.6) is 5.75 Å². The van der Waals surface area contributed by atoms with Crippen LogP contribution in [0.2, 0.25) is 0 Å². The molecule has 2 atom stereocenters. The van der Waals surface area contributed by atoms with E-state index in [2.05, 4.69) is 0 Å². The van der Waals surface area contributed by atoms with Crippen molar-refractivity contribution in [3.8, 4) is 16.9 Å². The van der Waals surface area contributed by atoms with E-state index in [4.69, 9.17) is 4.74 Å². The van der Waals surface area contributed by atoms with Gasteiger partial charge in [-0.1, -0.05) is 30.3 Å². The van der Waals surface area contributed by atoms with E-state index < -0.39 is 15.9 Å². The fourth-order valence-corrected chi connectivity index (χ4v) is 4.78. The molecule has 2 heterocycles. The number of para-hydroxylation sites is 1. The molecule has 1 saturated heterocycles. The largest absolute Gasteiger partial charge is 0.493 e. The topological polar surface area (TPSA) is 83.9 Å². The van der Waals surface area contributed by atoms with Gasteiger partial charge in [-0.25, -0.2) is 13.2 Å². The third-order valence-electron chi connectivity index (χ3n) is 5.46. The summed E-state index contributed by atoms with van der Waals surface area (Å²) in [4.78, 5) is 13.1. The second-order valence-corrected chi connectivity index (χ2v) is 9.23. The molecule has 0 aromatic heterocycles. The van der Waals surface area contributed by atoms with Gasteiger partial charge >= 0.3 is 6.09 Å². The Labute approximate surface area is 158 Å². The maximum absolute atomic E-state index is 11.9. The first-order valence-electron chi connectivity index (χ1n) is 8.88. The van der Waals surface area contributed by atoms with E-state index in [-0.39, 0.29) is 16.7 Å². The second-order valence-electron chi connectivity index (χ2n) is 7.22. The first-order valence-corrected chi connectivity index (χ1v) is 10.8. The van der Waals surface area contributed by atoms with Gasteiger partial charge in [0.15, 0.2) is 9.84 Å². The van der Waals surface area contributed by atoms with Crippen LogP contribution in [0.25, 0.3) is 11.1 Å². The highest BCUT2D eigenvalue weighted by atomic mass is 32.2. The molecule has 142 valence electrons. The molecule has 1 amide bonds. The molecule has 6 nitrogen and oxygen atoms in total. The van der Waals surface area contributed by atoms with Gasteiger partial charge in [0.05, 0.1) is 11.5 Å². The first-order chi connectivity index (χ1) is 12.8. The number of sulfone groups is 1. The van der Waals surface area contributed by atoms with Crippen molar-refractivity contribution in [1.82, 2.24) is 4.90 Å². The van der Waals surface area contributed by atoms with E-state index in [0.29, 0.717) is 19.7 Å². The Morgan fingerprint density at radius 3 is 2.70 bits per heavy atom. The molecular weight excluding hydrogens is 366 g/mol. The molecular formula is C20H21NO5S. The smallest absolute Gasteiger partial charge is 0.407 e. The summed E-state index contributed by atoms with van der Waals surface area (Å²) in [5.41, 5.74) is 2.62. The zero-order chi connectivity index (χ0) is 19.2. The van der Waals surface area contributed by atoms with Crippen molar-refractivity contribution in [2.45, 2.75) is 17.2 Å². The number of benzene rings is 2. The molecule has 0 radical (unpaired) electrons. The van der Waals surface area contributed by atoms with Crippen molar-refractivity contribution in [3.63, 3.8) is 0 Å². The Balaban J connectivity index is 1.80. The Morgan fingerprint density at radius 1 is 1.19 bits per heavy atom. The summed E-state index contributed by atoms with van der Waals surface area (Å²) in [7, 11) is -3.31. The Morgan fingerprint density at radius 2 is 1.96 bits per heavy atom. The molecule has 0 saturated carbocycles. The molecule has 7 heteroatoms. The number of fused-ring (bicyclic) bond motifs is 3. The van der Waals surface area contributed by atoms with Crippen molar-refractivity contribution in [1.29, 1.82) is 0 Å². The molecule has 0 aliphatic carbocycles. The number of hydrogen-bond acceptors (Lipinski definition) is 4. The fraction of sp³-hybridized carbons (Fsp3) is 0.350. The lowest BCUT2D eigenvalue weighted by atomic mass is 9.86. The maximum Gasteiger partial charge on any atom is 0.407 e. The van der Waals surface area contributed by atoms with Gasteiger partial charge in [-0.3, -0.25) is 0 Å². The maximum atomic E-state index is 11.9. The van der Waals surface area contributed by atoms with E-state index in [0.717, 1.165) is 28.9 Å². The minimum Gasteiger partial charge on any atom is -0.493 e.